The smallest absolute Gasteiger partial charge is 0.323 e. The zero-order valence-electron chi connectivity index (χ0n) is 12.3. The molecular weight excluding hydrogens is 238 g/mol. The van der Waals surface area contributed by atoms with Crippen LogP contribution in [0.4, 0.5) is 0 Å². The summed E-state index contributed by atoms with van der Waals surface area (Å²) in [6.07, 6.45) is 1.91. The van der Waals surface area contributed by atoms with Crippen molar-refractivity contribution in [3.63, 3.8) is 0 Å². The third kappa shape index (κ3) is 5.03. The lowest BCUT2D eigenvalue weighted by atomic mass is 9.99. The molecule has 0 spiro atoms. The van der Waals surface area contributed by atoms with Crippen LogP contribution in [-0.2, 0) is 16.0 Å². The minimum atomic E-state index is -0.237. The van der Waals surface area contributed by atoms with Gasteiger partial charge in [0.1, 0.15) is 6.04 Å². The summed E-state index contributed by atoms with van der Waals surface area (Å²) in [7, 11) is 1.44. The molecule has 3 nitrogen and oxygen atoms in total. The van der Waals surface area contributed by atoms with E-state index in [9.17, 15) is 4.79 Å². The second kappa shape index (κ2) is 7.95. The van der Waals surface area contributed by atoms with Crippen LogP contribution in [0, 0.1) is 5.92 Å². The van der Waals surface area contributed by atoms with Crippen LogP contribution in [0.25, 0.3) is 0 Å². The number of ether oxygens (including phenoxy) is 1. The van der Waals surface area contributed by atoms with E-state index in [1.807, 2.05) is 32.0 Å². The number of benzene rings is 1. The summed E-state index contributed by atoms with van der Waals surface area (Å²) in [4.78, 5) is 11.8. The highest BCUT2D eigenvalue weighted by molar-refractivity contribution is 5.75. The van der Waals surface area contributed by atoms with E-state index >= 15 is 0 Å². The molecular formula is C16H25NO2. The van der Waals surface area contributed by atoms with Gasteiger partial charge in [0.05, 0.1) is 7.11 Å². The third-order valence-corrected chi connectivity index (χ3v) is 3.35. The molecule has 2 unspecified atom stereocenters. The van der Waals surface area contributed by atoms with Crippen molar-refractivity contribution in [1.29, 1.82) is 0 Å². The van der Waals surface area contributed by atoms with Gasteiger partial charge >= 0.3 is 5.97 Å². The monoisotopic (exact) mass is 263 g/mol. The first-order valence-corrected chi connectivity index (χ1v) is 6.96. The van der Waals surface area contributed by atoms with Gasteiger partial charge in [-0.15, -0.1) is 0 Å². The quantitative estimate of drug-likeness (QED) is 0.769. The Balaban J connectivity index is 2.66. The Hall–Kier alpha value is -1.35. The SMILES string of the molecule is CCC(Cc1ccccc1)NC(C(=O)OC)C(C)C. The molecule has 0 fully saturated rings. The van der Waals surface area contributed by atoms with E-state index < -0.39 is 0 Å². The van der Waals surface area contributed by atoms with Crippen molar-refractivity contribution in [3.8, 4) is 0 Å². The van der Waals surface area contributed by atoms with Crippen LogP contribution < -0.4 is 5.32 Å². The Morgan fingerprint density at radius 2 is 1.89 bits per heavy atom. The van der Waals surface area contributed by atoms with E-state index in [1.54, 1.807) is 0 Å². The molecule has 19 heavy (non-hydrogen) atoms. The molecule has 1 N–H and O–H groups in total. The van der Waals surface area contributed by atoms with E-state index in [4.69, 9.17) is 4.74 Å². The van der Waals surface area contributed by atoms with Crippen molar-refractivity contribution in [1.82, 2.24) is 5.32 Å². The van der Waals surface area contributed by atoms with Crippen LogP contribution in [0.15, 0.2) is 30.3 Å². The van der Waals surface area contributed by atoms with Gasteiger partial charge in [-0.3, -0.25) is 4.79 Å². The van der Waals surface area contributed by atoms with Gasteiger partial charge in [-0.25, -0.2) is 0 Å². The number of carbonyl (C=O) groups is 1. The molecule has 0 bridgehead atoms. The number of carbonyl (C=O) groups excluding carboxylic acids is 1. The number of hydrogen-bond donors (Lipinski definition) is 1. The Kier molecular flexibility index (Phi) is 6.57. The highest BCUT2D eigenvalue weighted by Crippen LogP contribution is 2.10. The Labute approximate surface area is 116 Å². The molecule has 0 radical (unpaired) electrons. The van der Waals surface area contributed by atoms with Crippen molar-refractivity contribution in [3.05, 3.63) is 35.9 Å². The Morgan fingerprint density at radius 3 is 2.37 bits per heavy atom. The molecule has 0 amide bonds. The summed E-state index contributed by atoms with van der Waals surface area (Å²) in [6.45, 7) is 6.20. The van der Waals surface area contributed by atoms with E-state index in [2.05, 4.69) is 24.4 Å². The Morgan fingerprint density at radius 1 is 1.26 bits per heavy atom. The van der Waals surface area contributed by atoms with Crippen LogP contribution in [-0.4, -0.2) is 25.2 Å². The molecule has 0 aliphatic rings. The van der Waals surface area contributed by atoms with Crippen LogP contribution in [0.3, 0.4) is 0 Å². The highest BCUT2D eigenvalue weighted by atomic mass is 16.5. The van der Waals surface area contributed by atoms with Gasteiger partial charge in [0.2, 0.25) is 0 Å². The molecule has 1 rings (SSSR count). The van der Waals surface area contributed by atoms with Crippen molar-refractivity contribution < 1.29 is 9.53 Å². The largest absolute Gasteiger partial charge is 0.468 e. The van der Waals surface area contributed by atoms with Crippen molar-refractivity contribution in [2.45, 2.75) is 45.7 Å². The second-order valence-electron chi connectivity index (χ2n) is 5.21. The summed E-state index contributed by atoms with van der Waals surface area (Å²) < 4.78 is 4.87. The van der Waals surface area contributed by atoms with Gasteiger partial charge in [-0.05, 0) is 24.3 Å². The lowest BCUT2D eigenvalue weighted by molar-refractivity contribution is -0.144. The van der Waals surface area contributed by atoms with Crippen molar-refractivity contribution in [2.75, 3.05) is 7.11 Å². The van der Waals surface area contributed by atoms with E-state index in [1.165, 1.54) is 12.7 Å². The maximum Gasteiger partial charge on any atom is 0.323 e. The van der Waals surface area contributed by atoms with E-state index in [0.717, 1.165) is 12.8 Å². The minimum absolute atomic E-state index is 0.179. The first kappa shape index (κ1) is 15.7. The Bertz CT molecular complexity index is 376. The fraction of sp³-hybridized carbons (Fsp3) is 0.562. The van der Waals surface area contributed by atoms with Crippen LogP contribution in [0.2, 0.25) is 0 Å². The molecule has 3 heteroatoms. The summed E-state index contributed by atoms with van der Waals surface area (Å²) in [5.74, 6) is 0.0405. The number of hydrogen-bond acceptors (Lipinski definition) is 3. The van der Waals surface area contributed by atoms with E-state index in [-0.39, 0.29) is 24.0 Å². The van der Waals surface area contributed by atoms with Crippen molar-refractivity contribution >= 4 is 5.97 Å². The fourth-order valence-corrected chi connectivity index (χ4v) is 2.13. The van der Waals surface area contributed by atoms with Gasteiger partial charge in [0, 0.05) is 6.04 Å². The molecule has 0 heterocycles. The first-order valence-electron chi connectivity index (χ1n) is 6.96. The molecule has 106 valence electrons. The molecule has 0 aromatic heterocycles. The van der Waals surface area contributed by atoms with Gasteiger partial charge in [-0.1, -0.05) is 51.1 Å². The van der Waals surface area contributed by atoms with Crippen molar-refractivity contribution in [2.24, 2.45) is 5.92 Å². The highest BCUT2D eigenvalue weighted by Gasteiger charge is 2.25. The second-order valence-corrected chi connectivity index (χ2v) is 5.21. The average molecular weight is 263 g/mol. The average Bonchev–Trinajstić information content (AvgIpc) is 2.43. The minimum Gasteiger partial charge on any atom is -0.468 e. The van der Waals surface area contributed by atoms with Crippen LogP contribution >= 0.6 is 0 Å². The number of nitrogens with one attached hydrogen (secondary N) is 1. The summed E-state index contributed by atoms with van der Waals surface area (Å²) in [5.41, 5.74) is 1.29. The zero-order chi connectivity index (χ0) is 14.3. The number of rotatable bonds is 7. The molecule has 1 aromatic rings. The lowest BCUT2D eigenvalue weighted by Gasteiger charge is -2.26. The van der Waals surface area contributed by atoms with Crippen LogP contribution in [0.1, 0.15) is 32.8 Å². The fourth-order valence-electron chi connectivity index (χ4n) is 2.13. The van der Waals surface area contributed by atoms with Gasteiger partial charge in [0.25, 0.3) is 0 Å². The normalized spacial score (nSPS) is 14.2. The predicted octanol–water partition coefficient (Wildman–Crippen LogP) is 2.79. The topological polar surface area (TPSA) is 38.3 Å². The molecule has 1 aromatic carbocycles. The number of methoxy groups -OCH3 is 1. The molecule has 2 atom stereocenters. The predicted molar refractivity (Wildman–Crippen MR) is 78.0 cm³/mol. The maximum absolute atomic E-state index is 11.8. The molecule has 0 saturated heterocycles. The lowest BCUT2D eigenvalue weighted by Crippen LogP contribution is -2.47. The summed E-state index contributed by atoms with van der Waals surface area (Å²) in [6, 6.07) is 10.4. The van der Waals surface area contributed by atoms with Crippen LogP contribution in [0.5, 0.6) is 0 Å². The maximum atomic E-state index is 11.8. The standard InChI is InChI=1S/C16H25NO2/c1-5-14(11-13-9-7-6-8-10-13)17-15(12(2)3)16(18)19-4/h6-10,12,14-15,17H,5,11H2,1-4H3. The molecule has 0 saturated carbocycles. The number of esters is 1. The van der Waals surface area contributed by atoms with Gasteiger partial charge < -0.3 is 10.1 Å². The van der Waals surface area contributed by atoms with Gasteiger partial charge in [-0.2, -0.15) is 0 Å². The van der Waals surface area contributed by atoms with Gasteiger partial charge in [0.15, 0.2) is 0 Å². The summed E-state index contributed by atoms with van der Waals surface area (Å²) in [5, 5.41) is 3.43. The zero-order valence-corrected chi connectivity index (χ0v) is 12.3. The molecule has 0 aliphatic carbocycles. The first-order chi connectivity index (χ1) is 9.08. The summed E-state index contributed by atoms with van der Waals surface area (Å²) >= 11 is 0. The molecule has 0 aliphatic heterocycles. The third-order valence-electron chi connectivity index (χ3n) is 3.35. The van der Waals surface area contributed by atoms with E-state index in [0.29, 0.717) is 0 Å².